The Morgan fingerprint density at radius 1 is 1.36 bits per heavy atom. The maximum absolute atomic E-state index is 9.02. The smallest absolute Gasteiger partial charge is 0.0459 e. The van der Waals surface area contributed by atoms with Crippen molar-refractivity contribution in [2.75, 3.05) is 6.61 Å². The van der Waals surface area contributed by atoms with Crippen molar-refractivity contribution in [3.05, 3.63) is 0 Å². The minimum absolute atomic E-state index is 0.395. The Hall–Kier alpha value is -0.0400. The first-order chi connectivity index (χ1) is 5.31. The van der Waals surface area contributed by atoms with Crippen LogP contribution in [0.15, 0.2) is 0 Å². The van der Waals surface area contributed by atoms with Crippen LogP contribution in [0.4, 0.5) is 0 Å². The van der Waals surface area contributed by atoms with Gasteiger partial charge in [0, 0.05) is 6.61 Å². The summed E-state index contributed by atoms with van der Waals surface area (Å²) in [6, 6.07) is 0. The number of hydrogen-bond donors (Lipinski definition) is 1. The molecule has 64 valence electrons. The summed E-state index contributed by atoms with van der Waals surface area (Å²) in [5, 5.41) is 9.02. The maximum atomic E-state index is 9.02. The van der Waals surface area contributed by atoms with Crippen LogP contribution in [0.25, 0.3) is 0 Å². The molecule has 0 saturated heterocycles. The molecule has 1 N–H and O–H groups in total. The van der Waals surface area contributed by atoms with Gasteiger partial charge < -0.3 is 5.11 Å². The zero-order chi connectivity index (χ0) is 7.84. The van der Waals surface area contributed by atoms with Crippen molar-refractivity contribution >= 4 is 0 Å². The van der Waals surface area contributed by atoms with Gasteiger partial charge in [0.2, 0.25) is 0 Å². The second kappa shape index (κ2) is 2.78. The molecule has 0 spiro atoms. The molecule has 1 heteroatoms. The minimum Gasteiger partial charge on any atom is -0.396 e. The Labute approximate surface area is 68.8 Å². The lowest BCUT2D eigenvalue weighted by Gasteiger charge is -2.48. The van der Waals surface area contributed by atoms with Gasteiger partial charge in [-0.1, -0.05) is 13.3 Å². The SMILES string of the molecule is CC(CO)C1CCC2CC1C2. The quantitative estimate of drug-likeness (QED) is 0.645. The third kappa shape index (κ3) is 1.20. The third-order valence-electron chi connectivity index (χ3n) is 3.80. The summed E-state index contributed by atoms with van der Waals surface area (Å²) in [5.41, 5.74) is 0. The fourth-order valence-corrected chi connectivity index (χ4v) is 2.92. The molecule has 0 aromatic heterocycles. The van der Waals surface area contributed by atoms with E-state index >= 15 is 0 Å². The van der Waals surface area contributed by atoms with Crippen molar-refractivity contribution < 1.29 is 5.11 Å². The lowest BCUT2D eigenvalue weighted by molar-refractivity contribution is 0.00510. The molecule has 0 aromatic rings. The van der Waals surface area contributed by atoms with Crippen molar-refractivity contribution in [3.63, 3.8) is 0 Å². The average Bonchev–Trinajstić information content (AvgIpc) is 2.02. The second-order valence-corrected chi connectivity index (χ2v) is 4.50. The molecular formula is C10H18O. The van der Waals surface area contributed by atoms with Crippen LogP contribution in [0.5, 0.6) is 0 Å². The largest absolute Gasteiger partial charge is 0.396 e. The van der Waals surface area contributed by atoms with Crippen LogP contribution >= 0.6 is 0 Å². The highest BCUT2D eigenvalue weighted by atomic mass is 16.3. The van der Waals surface area contributed by atoms with E-state index in [0.29, 0.717) is 12.5 Å². The summed E-state index contributed by atoms with van der Waals surface area (Å²) in [6.45, 7) is 2.59. The van der Waals surface area contributed by atoms with E-state index in [1.54, 1.807) is 0 Å². The van der Waals surface area contributed by atoms with Crippen molar-refractivity contribution in [2.24, 2.45) is 23.7 Å². The minimum atomic E-state index is 0.395. The highest BCUT2D eigenvalue weighted by Gasteiger charge is 2.41. The van der Waals surface area contributed by atoms with Gasteiger partial charge in [-0.2, -0.15) is 0 Å². The molecule has 3 saturated carbocycles. The van der Waals surface area contributed by atoms with Crippen molar-refractivity contribution in [3.8, 4) is 0 Å². The van der Waals surface area contributed by atoms with E-state index in [9.17, 15) is 0 Å². The van der Waals surface area contributed by atoms with Gasteiger partial charge in [-0.25, -0.2) is 0 Å². The number of aliphatic hydroxyl groups is 1. The van der Waals surface area contributed by atoms with Gasteiger partial charge in [-0.15, -0.1) is 0 Å². The lowest BCUT2D eigenvalue weighted by Crippen LogP contribution is -2.39. The molecule has 0 radical (unpaired) electrons. The number of rotatable bonds is 2. The summed E-state index contributed by atoms with van der Waals surface area (Å²) in [6.07, 6.45) is 5.76. The fourth-order valence-electron chi connectivity index (χ4n) is 2.92. The van der Waals surface area contributed by atoms with E-state index in [4.69, 9.17) is 5.11 Å². The Morgan fingerprint density at radius 3 is 2.55 bits per heavy atom. The van der Waals surface area contributed by atoms with Crippen LogP contribution in [-0.2, 0) is 0 Å². The lowest BCUT2D eigenvalue weighted by atomic mass is 9.57. The van der Waals surface area contributed by atoms with E-state index in [2.05, 4.69) is 6.92 Å². The number of hydrogen-bond acceptors (Lipinski definition) is 1. The molecule has 2 unspecified atom stereocenters. The Balaban J connectivity index is 1.92. The molecular weight excluding hydrogens is 136 g/mol. The van der Waals surface area contributed by atoms with E-state index < -0.39 is 0 Å². The molecule has 3 fully saturated rings. The molecule has 1 nitrogen and oxygen atoms in total. The Morgan fingerprint density at radius 2 is 2.09 bits per heavy atom. The van der Waals surface area contributed by atoms with E-state index in [1.807, 2.05) is 0 Å². The molecule has 0 aliphatic heterocycles. The third-order valence-corrected chi connectivity index (χ3v) is 3.80. The van der Waals surface area contributed by atoms with E-state index in [0.717, 1.165) is 17.8 Å². The average molecular weight is 154 g/mol. The van der Waals surface area contributed by atoms with E-state index in [-0.39, 0.29) is 0 Å². The zero-order valence-corrected chi connectivity index (χ0v) is 7.29. The summed E-state index contributed by atoms with van der Waals surface area (Å²) in [7, 11) is 0. The molecule has 3 aliphatic carbocycles. The standard InChI is InChI=1S/C10H18O/c1-7(6-11)10-3-2-8-4-9(10)5-8/h7-11H,2-6H2,1H3. The van der Waals surface area contributed by atoms with Crippen LogP contribution in [0.2, 0.25) is 0 Å². The van der Waals surface area contributed by atoms with Crippen LogP contribution in [0.1, 0.15) is 32.6 Å². The summed E-state index contributed by atoms with van der Waals surface area (Å²) in [5.74, 6) is 3.46. The van der Waals surface area contributed by atoms with Crippen molar-refractivity contribution in [2.45, 2.75) is 32.6 Å². The van der Waals surface area contributed by atoms with Gasteiger partial charge in [0.25, 0.3) is 0 Å². The predicted molar refractivity (Wildman–Crippen MR) is 45.2 cm³/mol. The zero-order valence-electron chi connectivity index (χ0n) is 7.29. The molecule has 11 heavy (non-hydrogen) atoms. The first-order valence-corrected chi connectivity index (χ1v) is 4.92. The summed E-state index contributed by atoms with van der Waals surface area (Å²) >= 11 is 0. The van der Waals surface area contributed by atoms with Gasteiger partial charge >= 0.3 is 0 Å². The first-order valence-electron chi connectivity index (χ1n) is 4.92. The maximum Gasteiger partial charge on any atom is 0.0459 e. The summed E-state index contributed by atoms with van der Waals surface area (Å²) in [4.78, 5) is 0. The van der Waals surface area contributed by atoms with Crippen LogP contribution in [-0.4, -0.2) is 11.7 Å². The monoisotopic (exact) mass is 154 g/mol. The van der Waals surface area contributed by atoms with E-state index in [1.165, 1.54) is 25.7 Å². The van der Waals surface area contributed by atoms with Gasteiger partial charge in [0.05, 0.1) is 0 Å². The highest BCUT2D eigenvalue weighted by Crippen LogP contribution is 2.51. The topological polar surface area (TPSA) is 20.2 Å². The summed E-state index contributed by atoms with van der Waals surface area (Å²) < 4.78 is 0. The highest BCUT2D eigenvalue weighted by molar-refractivity contribution is 4.91. The van der Waals surface area contributed by atoms with Gasteiger partial charge in [-0.05, 0) is 42.9 Å². The second-order valence-electron chi connectivity index (χ2n) is 4.50. The van der Waals surface area contributed by atoms with Gasteiger partial charge in [0.15, 0.2) is 0 Å². The van der Waals surface area contributed by atoms with Crippen molar-refractivity contribution in [1.29, 1.82) is 0 Å². The molecule has 0 heterocycles. The first kappa shape index (κ1) is 7.60. The molecule has 0 aromatic carbocycles. The molecule has 3 rings (SSSR count). The van der Waals surface area contributed by atoms with Crippen LogP contribution in [0.3, 0.4) is 0 Å². The van der Waals surface area contributed by atoms with Crippen LogP contribution < -0.4 is 0 Å². The number of aliphatic hydroxyl groups excluding tert-OH is 1. The number of fused-ring (bicyclic) bond motifs is 2. The van der Waals surface area contributed by atoms with Gasteiger partial charge in [0.1, 0.15) is 0 Å². The predicted octanol–water partition coefficient (Wildman–Crippen LogP) is 2.05. The molecule has 2 bridgehead atoms. The Kier molecular flexibility index (Phi) is 1.92. The molecule has 3 aliphatic rings. The molecule has 0 amide bonds. The van der Waals surface area contributed by atoms with Crippen LogP contribution in [0, 0.1) is 23.7 Å². The molecule has 2 atom stereocenters. The van der Waals surface area contributed by atoms with Crippen molar-refractivity contribution in [1.82, 2.24) is 0 Å². The van der Waals surface area contributed by atoms with Gasteiger partial charge in [-0.3, -0.25) is 0 Å². The Bertz CT molecular complexity index is 133. The fraction of sp³-hybridized carbons (Fsp3) is 1.00. The normalized spacial score (nSPS) is 44.7.